The Balaban J connectivity index is 2.13. The second kappa shape index (κ2) is 4.41. The highest BCUT2D eigenvalue weighted by atomic mass is 16.5. The number of hydrogen-bond donors (Lipinski definition) is 1. The maximum Gasteiger partial charge on any atom is 0.131 e. The standard InChI is InChI=1S/C14H18O3/c1-4-16-9-10-5-6-12-11(7-10)8-13(17-12)14(2,3)15/h4-7,13,15H,1,8-9H2,2-3H3/t13-/m0/s1. The average molecular weight is 234 g/mol. The van der Waals surface area contributed by atoms with Crippen LogP contribution < -0.4 is 4.74 Å². The molecule has 0 spiro atoms. The molecule has 0 fully saturated rings. The lowest BCUT2D eigenvalue weighted by Crippen LogP contribution is -2.39. The summed E-state index contributed by atoms with van der Waals surface area (Å²) in [6.07, 6.45) is 2.00. The predicted octanol–water partition coefficient (Wildman–Crippen LogP) is 2.42. The van der Waals surface area contributed by atoms with Gasteiger partial charge in [-0.15, -0.1) is 0 Å². The molecule has 0 aromatic heterocycles. The third-order valence-electron chi connectivity index (χ3n) is 2.96. The first-order chi connectivity index (χ1) is 8.00. The van der Waals surface area contributed by atoms with Crippen LogP contribution in [0.25, 0.3) is 0 Å². The summed E-state index contributed by atoms with van der Waals surface area (Å²) in [4.78, 5) is 0. The molecule has 1 heterocycles. The van der Waals surface area contributed by atoms with Crippen molar-refractivity contribution < 1.29 is 14.6 Å². The van der Waals surface area contributed by atoms with E-state index < -0.39 is 5.60 Å². The third-order valence-corrected chi connectivity index (χ3v) is 2.96. The minimum Gasteiger partial charge on any atom is -0.497 e. The van der Waals surface area contributed by atoms with Gasteiger partial charge in [-0.05, 0) is 37.1 Å². The number of ether oxygens (including phenoxy) is 2. The van der Waals surface area contributed by atoms with Crippen molar-refractivity contribution in [2.24, 2.45) is 0 Å². The van der Waals surface area contributed by atoms with E-state index in [0.29, 0.717) is 6.61 Å². The highest BCUT2D eigenvalue weighted by Gasteiger charge is 2.34. The Hall–Kier alpha value is -1.48. The molecule has 0 unspecified atom stereocenters. The Morgan fingerprint density at radius 3 is 3.00 bits per heavy atom. The van der Waals surface area contributed by atoms with Gasteiger partial charge in [-0.25, -0.2) is 0 Å². The number of hydrogen-bond acceptors (Lipinski definition) is 3. The van der Waals surface area contributed by atoms with Gasteiger partial charge < -0.3 is 14.6 Å². The molecule has 0 amide bonds. The average Bonchev–Trinajstić information content (AvgIpc) is 2.68. The van der Waals surface area contributed by atoms with Gasteiger partial charge in [0.25, 0.3) is 0 Å². The first-order valence-corrected chi connectivity index (χ1v) is 5.74. The Labute approximate surface area is 102 Å². The van der Waals surface area contributed by atoms with Gasteiger partial charge in [0.15, 0.2) is 0 Å². The van der Waals surface area contributed by atoms with E-state index in [1.54, 1.807) is 13.8 Å². The Kier molecular flexibility index (Phi) is 3.11. The van der Waals surface area contributed by atoms with E-state index >= 15 is 0 Å². The van der Waals surface area contributed by atoms with E-state index in [-0.39, 0.29) is 6.10 Å². The SMILES string of the molecule is C=COCc1ccc2c(c1)C[C@@H](C(C)(C)O)O2. The topological polar surface area (TPSA) is 38.7 Å². The van der Waals surface area contributed by atoms with Gasteiger partial charge >= 0.3 is 0 Å². The van der Waals surface area contributed by atoms with Crippen LogP contribution in [0.1, 0.15) is 25.0 Å². The molecule has 1 aliphatic heterocycles. The van der Waals surface area contributed by atoms with Crippen molar-refractivity contribution >= 4 is 0 Å². The van der Waals surface area contributed by atoms with Crippen molar-refractivity contribution in [3.63, 3.8) is 0 Å². The maximum atomic E-state index is 9.94. The predicted molar refractivity (Wildman–Crippen MR) is 65.8 cm³/mol. The first kappa shape index (κ1) is 12.0. The summed E-state index contributed by atoms with van der Waals surface area (Å²) in [5.74, 6) is 0.861. The van der Waals surface area contributed by atoms with E-state index in [9.17, 15) is 5.11 Å². The lowest BCUT2D eigenvalue weighted by atomic mass is 9.97. The van der Waals surface area contributed by atoms with E-state index in [2.05, 4.69) is 12.6 Å². The van der Waals surface area contributed by atoms with Crippen molar-refractivity contribution in [3.05, 3.63) is 42.2 Å². The van der Waals surface area contributed by atoms with Crippen LogP contribution in [0.4, 0.5) is 0 Å². The fraction of sp³-hybridized carbons (Fsp3) is 0.429. The largest absolute Gasteiger partial charge is 0.497 e. The first-order valence-electron chi connectivity index (χ1n) is 5.74. The summed E-state index contributed by atoms with van der Waals surface area (Å²) in [5, 5.41) is 9.94. The molecule has 0 radical (unpaired) electrons. The molecule has 0 saturated heterocycles. The second-order valence-electron chi connectivity index (χ2n) is 4.88. The van der Waals surface area contributed by atoms with E-state index in [0.717, 1.165) is 23.3 Å². The molecule has 3 nitrogen and oxygen atoms in total. The van der Waals surface area contributed by atoms with Crippen molar-refractivity contribution in [1.82, 2.24) is 0 Å². The number of fused-ring (bicyclic) bond motifs is 1. The number of aliphatic hydroxyl groups is 1. The molecule has 3 heteroatoms. The Morgan fingerprint density at radius 2 is 2.35 bits per heavy atom. The molecular formula is C14H18O3. The van der Waals surface area contributed by atoms with Gasteiger partial charge in [0.1, 0.15) is 18.5 Å². The molecule has 1 aliphatic rings. The monoisotopic (exact) mass is 234 g/mol. The molecule has 0 bridgehead atoms. The molecule has 2 rings (SSSR count). The van der Waals surface area contributed by atoms with E-state index in [1.165, 1.54) is 6.26 Å². The zero-order valence-corrected chi connectivity index (χ0v) is 10.3. The molecular weight excluding hydrogens is 216 g/mol. The summed E-state index contributed by atoms with van der Waals surface area (Å²) in [5.41, 5.74) is 1.39. The minimum absolute atomic E-state index is 0.173. The Bertz CT molecular complexity index is 418. The smallest absolute Gasteiger partial charge is 0.131 e. The maximum absolute atomic E-state index is 9.94. The van der Waals surface area contributed by atoms with Gasteiger partial charge in [0.05, 0.1) is 11.9 Å². The molecule has 0 saturated carbocycles. The van der Waals surface area contributed by atoms with Crippen molar-refractivity contribution in [2.75, 3.05) is 0 Å². The fourth-order valence-electron chi connectivity index (χ4n) is 1.94. The van der Waals surface area contributed by atoms with Crippen LogP contribution in [-0.4, -0.2) is 16.8 Å². The van der Waals surface area contributed by atoms with Crippen LogP contribution in [0.15, 0.2) is 31.0 Å². The van der Waals surface area contributed by atoms with Crippen LogP contribution in [0.3, 0.4) is 0 Å². The quantitative estimate of drug-likeness (QED) is 0.813. The molecule has 92 valence electrons. The highest BCUT2D eigenvalue weighted by Crippen LogP contribution is 2.33. The van der Waals surface area contributed by atoms with Crippen LogP contribution >= 0.6 is 0 Å². The van der Waals surface area contributed by atoms with Crippen molar-refractivity contribution in [3.8, 4) is 5.75 Å². The molecule has 1 aromatic carbocycles. The summed E-state index contributed by atoms with van der Waals surface area (Å²) >= 11 is 0. The summed E-state index contributed by atoms with van der Waals surface area (Å²) in [6, 6.07) is 5.96. The third kappa shape index (κ3) is 2.61. The zero-order valence-electron chi connectivity index (χ0n) is 10.3. The van der Waals surface area contributed by atoms with E-state index in [1.807, 2.05) is 12.1 Å². The number of rotatable bonds is 4. The van der Waals surface area contributed by atoms with Crippen molar-refractivity contribution in [1.29, 1.82) is 0 Å². The molecule has 17 heavy (non-hydrogen) atoms. The normalized spacial score (nSPS) is 18.4. The molecule has 1 aromatic rings. The van der Waals surface area contributed by atoms with Gasteiger partial charge in [-0.3, -0.25) is 0 Å². The zero-order chi connectivity index (χ0) is 12.5. The van der Waals surface area contributed by atoms with Crippen LogP contribution in [-0.2, 0) is 17.8 Å². The minimum atomic E-state index is -0.823. The summed E-state index contributed by atoms with van der Waals surface area (Å²) in [6.45, 7) is 7.57. The van der Waals surface area contributed by atoms with Crippen molar-refractivity contribution in [2.45, 2.75) is 38.6 Å². The van der Waals surface area contributed by atoms with Crippen LogP contribution in [0, 0.1) is 0 Å². The van der Waals surface area contributed by atoms with Gasteiger partial charge in [-0.2, -0.15) is 0 Å². The summed E-state index contributed by atoms with van der Waals surface area (Å²) < 4.78 is 10.9. The molecule has 1 atom stereocenters. The van der Waals surface area contributed by atoms with Crippen LogP contribution in [0.2, 0.25) is 0 Å². The summed E-state index contributed by atoms with van der Waals surface area (Å²) in [7, 11) is 0. The highest BCUT2D eigenvalue weighted by molar-refractivity contribution is 5.41. The lowest BCUT2D eigenvalue weighted by Gasteiger charge is -2.24. The van der Waals surface area contributed by atoms with Gasteiger partial charge in [-0.1, -0.05) is 12.6 Å². The van der Waals surface area contributed by atoms with E-state index in [4.69, 9.17) is 9.47 Å². The fourth-order valence-corrected chi connectivity index (χ4v) is 1.94. The second-order valence-corrected chi connectivity index (χ2v) is 4.88. The Morgan fingerprint density at radius 1 is 1.59 bits per heavy atom. The molecule has 1 N–H and O–H groups in total. The van der Waals surface area contributed by atoms with Gasteiger partial charge in [0, 0.05) is 6.42 Å². The van der Waals surface area contributed by atoms with Crippen LogP contribution in [0.5, 0.6) is 5.75 Å². The molecule has 0 aliphatic carbocycles. The lowest BCUT2D eigenvalue weighted by molar-refractivity contribution is -0.0229. The van der Waals surface area contributed by atoms with Gasteiger partial charge in [0.2, 0.25) is 0 Å². The number of benzene rings is 1.